The summed E-state index contributed by atoms with van der Waals surface area (Å²) in [6, 6.07) is 13.3. The van der Waals surface area contributed by atoms with Crippen LogP contribution in [0.3, 0.4) is 0 Å². The van der Waals surface area contributed by atoms with Crippen LogP contribution in [0.2, 0.25) is 0 Å². The van der Waals surface area contributed by atoms with Crippen LogP contribution in [-0.2, 0) is 20.3 Å². The molecule has 1 atom stereocenters. The molecule has 2 aromatic rings. The molecule has 1 fully saturated rings. The van der Waals surface area contributed by atoms with Gasteiger partial charge in [0.25, 0.3) is 0 Å². The van der Waals surface area contributed by atoms with E-state index in [1.165, 1.54) is 56.5 Å². The van der Waals surface area contributed by atoms with Crippen molar-refractivity contribution >= 4 is 39.2 Å². The van der Waals surface area contributed by atoms with Gasteiger partial charge in [0, 0.05) is 0 Å². The lowest BCUT2D eigenvalue weighted by molar-refractivity contribution is -0.118. The molecule has 9 heteroatoms. The molecular weight excluding hydrogens is 530 g/mol. The molecule has 39 heavy (non-hydrogen) atoms. The Balaban J connectivity index is 1.50. The summed E-state index contributed by atoms with van der Waals surface area (Å²) < 4.78 is 30.9. The van der Waals surface area contributed by atoms with Crippen molar-refractivity contribution in [3.05, 3.63) is 59.7 Å². The van der Waals surface area contributed by atoms with E-state index >= 15 is 0 Å². The van der Waals surface area contributed by atoms with Crippen LogP contribution in [0.25, 0.3) is 0 Å². The largest absolute Gasteiger partial charge is 0.379 e. The second-order valence-electron chi connectivity index (χ2n) is 10.9. The van der Waals surface area contributed by atoms with E-state index in [0.717, 1.165) is 24.8 Å². The van der Waals surface area contributed by atoms with E-state index in [2.05, 4.69) is 43.2 Å². The number of unbranched alkanes of at least 4 members (excludes halogenated alkanes) is 7. The zero-order chi connectivity index (χ0) is 28.3. The molecule has 0 saturated carbocycles. The zero-order valence-corrected chi connectivity index (χ0v) is 25.1. The number of nitrogens with one attached hydrogen (secondary N) is 1. The lowest BCUT2D eigenvalue weighted by atomic mass is 9.87. The van der Waals surface area contributed by atoms with E-state index in [0.29, 0.717) is 10.7 Å². The highest BCUT2D eigenvalue weighted by molar-refractivity contribution is 8.15. The molecule has 0 unspecified atom stereocenters. The third-order valence-electron chi connectivity index (χ3n) is 6.52. The minimum Gasteiger partial charge on any atom is -0.379 e. The summed E-state index contributed by atoms with van der Waals surface area (Å²) in [5.41, 5.74) is 1.59. The van der Waals surface area contributed by atoms with Crippen molar-refractivity contribution in [3.8, 4) is 5.75 Å². The summed E-state index contributed by atoms with van der Waals surface area (Å²) in [5.74, 6) is 0.161. The zero-order valence-electron chi connectivity index (χ0n) is 23.5. The lowest BCUT2D eigenvalue weighted by Gasteiger charge is -2.19. The predicted molar refractivity (Wildman–Crippen MR) is 161 cm³/mol. The Bertz CT molecular complexity index is 1250. The first-order chi connectivity index (χ1) is 18.6. The number of hydrogen-bond donors (Lipinski definition) is 1. The molecule has 1 amide bonds. The van der Waals surface area contributed by atoms with Crippen LogP contribution in [0.4, 0.5) is 0 Å². The first kappa shape index (κ1) is 30.9. The molecule has 1 saturated heterocycles. The molecule has 0 spiro atoms. The van der Waals surface area contributed by atoms with Gasteiger partial charge in [-0.3, -0.25) is 4.79 Å². The van der Waals surface area contributed by atoms with Crippen molar-refractivity contribution in [2.24, 2.45) is 10.2 Å². The topological polar surface area (TPSA) is 97.2 Å². The predicted octanol–water partition coefficient (Wildman–Crippen LogP) is 7.20. The highest BCUT2D eigenvalue weighted by atomic mass is 32.2. The number of carbonyl (C=O) groups is 1. The number of benzene rings is 2. The molecule has 1 heterocycles. The Morgan fingerprint density at radius 2 is 1.64 bits per heavy atom. The van der Waals surface area contributed by atoms with E-state index in [4.69, 9.17) is 4.18 Å². The van der Waals surface area contributed by atoms with E-state index in [1.54, 1.807) is 48.5 Å². The number of hydrogen-bond acceptors (Lipinski definition) is 7. The molecule has 0 bridgehead atoms. The standard InChI is InChI=1S/C30H41N3O4S2/c1-5-6-7-8-9-10-11-12-16-27-28(34)32-29(38-27)33-31-22-23-14-13-15-25(21-23)37-39(35,36)26-19-17-24(18-20-26)30(2,3)4/h13-15,17-22,27H,5-12,16H2,1-4H3,(H,32,33,34)/b31-22-/t27-/m0/s1. The monoisotopic (exact) mass is 571 g/mol. The van der Waals surface area contributed by atoms with Gasteiger partial charge in [0.15, 0.2) is 5.17 Å². The summed E-state index contributed by atoms with van der Waals surface area (Å²) in [5, 5.41) is 11.4. The molecule has 212 valence electrons. The highest BCUT2D eigenvalue weighted by Crippen LogP contribution is 2.26. The van der Waals surface area contributed by atoms with E-state index in [9.17, 15) is 13.2 Å². The average molecular weight is 572 g/mol. The highest BCUT2D eigenvalue weighted by Gasteiger charge is 2.29. The minimum absolute atomic E-state index is 0.0203. The Morgan fingerprint density at radius 3 is 2.31 bits per heavy atom. The number of amidine groups is 1. The van der Waals surface area contributed by atoms with Gasteiger partial charge >= 0.3 is 10.1 Å². The fraction of sp³-hybridized carbons (Fsp3) is 0.500. The fourth-order valence-corrected chi connectivity index (χ4v) is 6.09. The summed E-state index contributed by atoms with van der Waals surface area (Å²) in [6.45, 7) is 8.44. The maximum Gasteiger partial charge on any atom is 0.339 e. The second-order valence-corrected chi connectivity index (χ2v) is 13.6. The van der Waals surface area contributed by atoms with Crippen LogP contribution >= 0.6 is 11.8 Å². The van der Waals surface area contributed by atoms with Crippen molar-refractivity contribution in [2.75, 3.05) is 0 Å². The van der Waals surface area contributed by atoms with E-state index < -0.39 is 10.1 Å². The number of carbonyl (C=O) groups excluding carboxylic acids is 1. The summed E-state index contributed by atoms with van der Waals surface area (Å²) in [4.78, 5) is 12.4. The molecule has 1 aliphatic rings. The maximum atomic E-state index is 12.8. The van der Waals surface area contributed by atoms with Crippen molar-refractivity contribution in [2.45, 2.75) is 101 Å². The van der Waals surface area contributed by atoms with Crippen molar-refractivity contribution in [1.29, 1.82) is 0 Å². The van der Waals surface area contributed by atoms with Crippen LogP contribution in [0, 0.1) is 0 Å². The fourth-order valence-electron chi connectivity index (χ4n) is 4.20. The normalized spacial score (nSPS) is 17.2. The van der Waals surface area contributed by atoms with E-state index in [-0.39, 0.29) is 27.2 Å². The summed E-state index contributed by atoms with van der Waals surface area (Å²) in [6.07, 6.45) is 12.2. The van der Waals surface area contributed by atoms with Gasteiger partial charge in [-0.05, 0) is 47.2 Å². The van der Waals surface area contributed by atoms with Gasteiger partial charge in [-0.25, -0.2) is 0 Å². The molecule has 1 aliphatic heterocycles. The summed E-state index contributed by atoms with van der Waals surface area (Å²) in [7, 11) is -3.98. The number of nitrogens with zero attached hydrogens (tertiary/aromatic N) is 2. The molecule has 2 aromatic carbocycles. The second kappa shape index (κ2) is 14.7. The molecule has 0 radical (unpaired) electrons. The number of amides is 1. The third-order valence-corrected chi connectivity index (χ3v) is 8.93. The average Bonchev–Trinajstić information content (AvgIpc) is 3.24. The van der Waals surface area contributed by atoms with Gasteiger partial charge in [-0.1, -0.05) is 115 Å². The smallest absolute Gasteiger partial charge is 0.339 e. The van der Waals surface area contributed by atoms with Crippen LogP contribution < -0.4 is 9.50 Å². The molecule has 7 nitrogen and oxygen atoms in total. The number of rotatable bonds is 14. The first-order valence-corrected chi connectivity index (χ1v) is 16.1. The number of thioether (sulfide) groups is 1. The van der Waals surface area contributed by atoms with Crippen LogP contribution in [0.15, 0.2) is 63.6 Å². The van der Waals surface area contributed by atoms with Gasteiger partial charge < -0.3 is 9.50 Å². The molecule has 3 rings (SSSR count). The van der Waals surface area contributed by atoms with Gasteiger partial charge in [0.2, 0.25) is 5.91 Å². The van der Waals surface area contributed by atoms with Crippen LogP contribution in [-0.4, -0.2) is 31.0 Å². The summed E-state index contributed by atoms with van der Waals surface area (Å²) >= 11 is 1.41. The first-order valence-electron chi connectivity index (χ1n) is 13.8. The Morgan fingerprint density at radius 1 is 0.974 bits per heavy atom. The third kappa shape index (κ3) is 10.1. The van der Waals surface area contributed by atoms with Gasteiger partial charge in [-0.15, -0.1) is 5.10 Å². The SMILES string of the molecule is CCCCCCCCCC[C@@H]1S/C(=N\N=C/c2cccc(OS(=O)(=O)c3ccc(C(C)(C)C)cc3)c2)NC1=O. The molecule has 0 aromatic heterocycles. The Labute approximate surface area is 238 Å². The lowest BCUT2D eigenvalue weighted by Crippen LogP contribution is -2.24. The van der Waals surface area contributed by atoms with Crippen LogP contribution in [0.1, 0.15) is 96.6 Å². The van der Waals surface area contributed by atoms with Crippen molar-refractivity contribution in [3.63, 3.8) is 0 Å². The van der Waals surface area contributed by atoms with Gasteiger partial charge in [0.05, 0.1) is 11.5 Å². The Hall–Kier alpha value is -2.65. The van der Waals surface area contributed by atoms with Crippen molar-refractivity contribution in [1.82, 2.24) is 5.32 Å². The van der Waals surface area contributed by atoms with Crippen LogP contribution in [0.5, 0.6) is 5.75 Å². The van der Waals surface area contributed by atoms with Crippen molar-refractivity contribution < 1.29 is 17.4 Å². The molecule has 1 N–H and O–H groups in total. The maximum absolute atomic E-state index is 12.8. The van der Waals surface area contributed by atoms with Gasteiger partial charge in [-0.2, -0.15) is 13.5 Å². The van der Waals surface area contributed by atoms with E-state index in [1.807, 2.05) is 0 Å². The quantitative estimate of drug-likeness (QED) is 0.112. The minimum atomic E-state index is -3.98. The molecule has 0 aliphatic carbocycles. The Kier molecular flexibility index (Phi) is 11.6. The molecular formula is C30H41N3O4S2. The van der Waals surface area contributed by atoms with Gasteiger partial charge in [0.1, 0.15) is 10.6 Å².